The van der Waals surface area contributed by atoms with Gasteiger partial charge >= 0.3 is 11.9 Å². The number of rotatable bonds is 9. The van der Waals surface area contributed by atoms with Gasteiger partial charge in [-0.1, -0.05) is 26.5 Å². The van der Waals surface area contributed by atoms with Gasteiger partial charge in [0.2, 0.25) is 0 Å². The molecule has 8 bridgehead atoms. The van der Waals surface area contributed by atoms with E-state index >= 15 is 0 Å². The second-order valence-electron chi connectivity index (χ2n) is 13.7. The van der Waals surface area contributed by atoms with Crippen LogP contribution in [0.5, 0.6) is 0 Å². The molecule has 3 aliphatic rings. The first kappa shape index (κ1) is 34.3. The number of hydrogen-bond donors (Lipinski definition) is 3. The molecule has 0 unspecified atom stereocenters. The van der Waals surface area contributed by atoms with Crippen LogP contribution in [0.3, 0.4) is 0 Å². The van der Waals surface area contributed by atoms with Gasteiger partial charge in [-0.15, -0.1) is 0 Å². The highest BCUT2D eigenvalue weighted by Gasteiger charge is 2.48. The lowest BCUT2D eigenvalue weighted by molar-refractivity contribution is -0.145. The molecule has 0 saturated heterocycles. The molecule has 5 heterocycles. The van der Waals surface area contributed by atoms with E-state index in [0.29, 0.717) is 47.8 Å². The fraction of sp³-hybridized carbons (Fsp3) is 0.436. The van der Waals surface area contributed by atoms with Crippen molar-refractivity contribution in [1.82, 2.24) is 24.8 Å². The number of fused-ring (bicyclic) bond motifs is 8. The zero-order chi connectivity index (χ0) is 35.3. The number of methoxy groups -OCH3 is 1. The van der Waals surface area contributed by atoms with E-state index in [9.17, 15) is 14.7 Å². The molecule has 10 nitrogen and oxygen atoms in total. The van der Waals surface area contributed by atoms with Crippen molar-refractivity contribution in [2.45, 2.75) is 77.7 Å². The first-order valence-corrected chi connectivity index (χ1v) is 17.1. The van der Waals surface area contributed by atoms with Crippen LogP contribution in [0.25, 0.3) is 39.3 Å². The van der Waals surface area contributed by atoms with E-state index in [1.165, 1.54) is 12.7 Å². The van der Waals surface area contributed by atoms with Gasteiger partial charge in [0, 0.05) is 69.3 Å². The zero-order valence-electron chi connectivity index (χ0n) is 29.8. The molecule has 49 heavy (non-hydrogen) atoms. The lowest BCUT2D eigenvalue weighted by atomic mass is 9.84. The number of nitrogens with zero attached hydrogens (tertiary/aromatic N) is 3. The molecule has 3 aromatic rings. The number of aromatic nitrogens is 4. The average molecular weight is 666 g/mol. The minimum Gasteiger partial charge on any atom is -0.468 e. The van der Waals surface area contributed by atoms with E-state index in [1.807, 2.05) is 38.1 Å². The Morgan fingerprint density at radius 3 is 2.43 bits per heavy atom. The van der Waals surface area contributed by atoms with Crippen LogP contribution in [0.2, 0.25) is 0 Å². The number of esters is 2. The molecule has 3 N–H and O–H groups in total. The Kier molecular flexibility index (Phi) is 9.39. The summed E-state index contributed by atoms with van der Waals surface area (Å²) in [6.45, 7) is 15.4. The monoisotopic (exact) mass is 665 g/mol. The number of carbonyl (C=O) groups is 2. The molecule has 0 amide bonds. The topological polar surface area (TPSA) is 133 Å². The third-order valence-corrected chi connectivity index (χ3v) is 10.6. The molecule has 6 rings (SSSR count). The van der Waals surface area contributed by atoms with Crippen LogP contribution in [-0.4, -0.2) is 82.3 Å². The van der Waals surface area contributed by atoms with Gasteiger partial charge in [0.05, 0.1) is 30.3 Å². The molecule has 0 radical (unpaired) electrons. The number of H-pyrrole nitrogens is 2. The Bertz CT molecular complexity index is 2050. The van der Waals surface area contributed by atoms with Crippen molar-refractivity contribution in [3.63, 3.8) is 0 Å². The highest BCUT2D eigenvalue weighted by Crippen LogP contribution is 2.52. The summed E-state index contributed by atoms with van der Waals surface area (Å²) in [6.07, 6.45) is 2.16. The van der Waals surface area contributed by atoms with Crippen LogP contribution >= 0.6 is 0 Å². The second-order valence-corrected chi connectivity index (χ2v) is 13.7. The molecular formula is C39H47N5O5. The maximum absolute atomic E-state index is 13.4. The van der Waals surface area contributed by atoms with Gasteiger partial charge < -0.3 is 29.4 Å². The Morgan fingerprint density at radius 1 is 1.04 bits per heavy atom. The molecule has 0 spiro atoms. The number of ether oxygens (including phenoxy) is 2. The van der Waals surface area contributed by atoms with Gasteiger partial charge in [0.25, 0.3) is 0 Å². The van der Waals surface area contributed by atoms with Crippen molar-refractivity contribution in [2.24, 2.45) is 0 Å². The Labute approximate surface area is 287 Å². The highest BCUT2D eigenvalue weighted by molar-refractivity contribution is 6.02. The number of hydrogen-bond acceptors (Lipinski definition) is 8. The average Bonchev–Trinajstić information content (AvgIpc) is 3.80. The number of allylic oxidation sites excluding steroid dienone is 1. The molecule has 258 valence electrons. The van der Waals surface area contributed by atoms with Crippen LogP contribution in [0, 0.1) is 13.8 Å². The highest BCUT2D eigenvalue weighted by atomic mass is 16.5. The summed E-state index contributed by atoms with van der Waals surface area (Å²) in [6, 6.07) is 6.22. The second kappa shape index (κ2) is 13.4. The van der Waals surface area contributed by atoms with Crippen molar-refractivity contribution in [2.75, 3.05) is 34.4 Å². The molecule has 3 aromatic heterocycles. The maximum Gasteiger partial charge on any atom is 0.316 e. The third kappa shape index (κ3) is 5.91. The molecule has 4 atom stereocenters. The predicted octanol–water partition coefficient (Wildman–Crippen LogP) is 6.47. The van der Waals surface area contributed by atoms with Crippen LogP contribution in [0.15, 0.2) is 24.8 Å². The number of aliphatic hydroxyl groups is 1. The number of aryl methyl sites for hydroxylation is 3. The van der Waals surface area contributed by atoms with E-state index in [-0.39, 0.29) is 24.2 Å². The predicted molar refractivity (Wildman–Crippen MR) is 193 cm³/mol. The summed E-state index contributed by atoms with van der Waals surface area (Å²) in [7, 11) is 5.19. The summed E-state index contributed by atoms with van der Waals surface area (Å²) in [4.78, 5) is 45.9. The Hall–Kier alpha value is -4.54. The third-order valence-electron chi connectivity index (χ3n) is 10.6. The van der Waals surface area contributed by atoms with Crippen LogP contribution in [-0.2, 0) is 25.5 Å². The van der Waals surface area contributed by atoms with Crippen LogP contribution < -0.4 is 0 Å². The summed E-state index contributed by atoms with van der Waals surface area (Å²) < 4.78 is 10.8. The lowest BCUT2D eigenvalue weighted by Gasteiger charge is -2.20. The standard InChI is InChI=1S/C39H47N5O5/c1-10-23-19(3)26-16-28-21(5)25(12-13-32(45)49-15-14-44(7)8)36(42-28)34-35(39(47)48-9)38(46)33-22(6)29(43-37(33)34)18-31-24(11-2)20(4)27(41-31)17-30(23)40-26/h10,16-18,21,25,35,38,40-41,46H,1,11-15H2,2-9H3/t21-,25-,35+,38+/m0/s1. The minimum atomic E-state index is -1.16. The molecular weight excluding hydrogens is 618 g/mol. The molecule has 2 aliphatic heterocycles. The Morgan fingerprint density at radius 2 is 1.76 bits per heavy atom. The van der Waals surface area contributed by atoms with E-state index in [0.717, 1.165) is 56.4 Å². The van der Waals surface area contributed by atoms with Crippen molar-refractivity contribution in [3.05, 3.63) is 75.4 Å². The van der Waals surface area contributed by atoms with Gasteiger partial charge in [-0.25, -0.2) is 4.98 Å². The number of nitrogens with one attached hydrogen (secondary N) is 2. The molecule has 0 aromatic carbocycles. The number of carbonyl (C=O) groups excluding carboxylic acids is 2. The maximum atomic E-state index is 13.4. The first-order valence-electron chi connectivity index (χ1n) is 17.1. The Balaban J connectivity index is 1.67. The van der Waals surface area contributed by atoms with Gasteiger partial charge in [-0.2, -0.15) is 0 Å². The van der Waals surface area contributed by atoms with E-state index < -0.39 is 18.0 Å². The van der Waals surface area contributed by atoms with E-state index in [1.54, 1.807) is 0 Å². The summed E-state index contributed by atoms with van der Waals surface area (Å²) in [5, 5.41) is 11.8. The number of likely N-dealkylation sites (N-methyl/N-ethyl adjacent to an activating group) is 1. The lowest BCUT2D eigenvalue weighted by Crippen LogP contribution is -2.24. The van der Waals surface area contributed by atoms with Crippen molar-refractivity contribution >= 4 is 51.2 Å². The van der Waals surface area contributed by atoms with Crippen LogP contribution in [0.4, 0.5) is 0 Å². The SMILES string of the molecule is C=Cc1c(C)c2cc3nc(c4c5nc(cc6[nH]c(cc1[nH]2)c(C)c6CC)C(C)=C5[C@@H](O)[C@@H]4C(=O)OC)[C@@H](CCC(=O)OCCN(C)C)[C@@H]3C. The summed E-state index contributed by atoms with van der Waals surface area (Å²) in [5.74, 6) is -2.19. The number of aromatic amines is 2. The van der Waals surface area contributed by atoms with Crippen LogP contribution in [0.1, 0.15) is 102 Å². The van der Waals surface area contributed by atoms with E-state index in [4.69, 9.17) is 19.4 Å². The summed E-state index contributed by atoms with van der Waals surface area (Å²) >= 11 is 0. The van der Waals surface area contributed by atoms with Crippen molar-refractivity contribution in [1.29, 1.82) is 0 Å². The van der Waals surface area contributed by atoms with Gasteiger partial charge in [-0.3, -0.25) is 14.6 Å². The smallest absolute Gasteiger partial charge is 0.316 e. The minimum absolute atomic E-state index is 0.114. The molecule has 10 heteroatoms. The quantitative estimate of drug-likeness (QED) is 0.222. The first-order chi connectivity index (χ1) is 23.4. The van der Waals surface area contributed by atoms with Crippen molar-refractivity contribution < 1.29 is 24.2 Å². The number of aliphatic hydroxyl groups excluding tert-OH is 1. The van der Waals surface area contributed by atoms with Gasteiger partial charge in [-0.05, 0) is 88.2 Å². The largest absolute Gasteiger partial charge is 0.468 e. The normalized spacial score (nSPS) is 19.9. The summed E-state index contributed by atoms with van der Waals surface area (Å²) in [5.41, 5.74) is 12.9. The molecule has 1 aliphatic carbocycles. The van der Waals surface area contributed by atoms with Gasteiger partial charge in [0.1, 0.15) is 12.5 Å². The van der Waals surface area contributed by atoms with E-state index in [2.05, 4.69) is 56.4 Å². The molecule has 0 saturated carbocycles. The fourth-order valence-electron chi connectivity index (χ4n) is 7.68. The van der Waals surface area contributed by atoms with Gasteiger partial charge in [0.15, 0.2) is 0 Å². The molecule has 0 fully saturated rings. The van der Waals surface area contributed by atoms with Crippen molar-refractivity contribution in [3.8, 4) is 0 Å². The fourth-order valence-corrected chi connectivity index (χ4v) is 7.68. The zero-order valence-corrected chi connectivity index (χ0v) is 29.8.